The van der Waals surface area contributed by atoms with Crippen molar-refractivity contribution >= 4 is 51.7 Å². The summed E-state index contributed by atoms with van der Waals surface area (Å²) in [4.78, 5) is 23.8. The summed E-state index contributed by atoms with van der Waals surface area (Å²) in [5.41, 5.74) is -1.23. The van der Waals surface area contributed by atoms with E-state index in [-0.39, 0.29) is 20.5 Å². The number of alkyl halides is 3. The SMILES string of the molecule is O=C1C(=Cc2ccc(O)c([N+](=O)[O-])c2)SC(=S)N1c1cccc(C(F)(F)F)c1. The smallest absolute Gasteiger partial charge is 0.416 e. The number of anilines is 1. The van der Waals surface area contributed by atoms with Crippen LogP contribution < -0.4 is 4.90 Å². The number of aromatic hydroxyl groups is 1. The summed E-state index contributed by atoms with van der Waals surface area (Å²) in [5, 5.41) is 20.4. The number of thioether (sulfide) groups is 1. The predicted octanol–water partition coefficient (Wildman–Crippen LogP) is 4.73. The monoisotopic (exact) mass is 426 g/mol. The van der Waals surface area contributed by atoms with Gasteiger partial charge in [0.15, 0.2) is 10.1 Å². The molecule has 0 atom stereocenters. The summed E-state index contributed by atoms with van der Waals surface area (Å²) in [6.45, 7) is 0. The third-order valence-electron chi connectivity index (χ3n) is 3.72. The highest BCUT2D eigenvalue weighted by Crippen LogP contribution is 2.39. The van der Waals surface area contributed by atoms with Gasteiger partial charge in [-0.1, -0.05) is 36.1 Å². The van der Waals surface area contributed by atoms with Gasteiger partial charge >= 0.3 is 11.9 Å². The standard InChI is InChI=1S/C17H9F3N2O4S2/c18-17(19,20)10-2-1-3-11(8-10)21-15(24)14(28-16(21)27)7-9-4-5-13(23)12(6-9)22(25)26/h1-8,23H. The van der Waals surface area contributed by atoms with Crippen LogP contribution in [0.3, 0.4) is 0 Å². The zero-order valence-electron chi connectivity index (χ0n) is 13.6. The van der Waals surface area contributed by atoms with Crippen LogP contribution in [0.2, 0.25) is 0 Å². The number of hydrogen-bond donors (Lipinski definition) is 1. The van der Waals surface area contributed by atoms with Gasteiger partial charge in [-0.15, -0.1) is 0 Å². The van der Waals surface area contributed by atoms with Crippen LogP contribution in [-0.2, 0) is 11.0 Å². The molecule has 1 aliphatic rings. The number of nitrogens with zero attached hydrogens (tertiary/aromatic N) is 2. The number of benzene rings is 2. The molecule has 1 saturated heterocycles. The molecule has 1 aliphatic heterocycles. The number of rotatable bonds is 3. The fraction of sp³-hybridized carbons (Fsp3) is 0.0588. The van der Waals surface area contributed by atoms with Gasteiger partial charge in [0.2, 0.25) is 0 Å². The first kappa shape index (κ1) is 19.8. The number of carbonyl (C=O) groups excluding carboxylic acids is 1. The van der Waals surface area contributed by atoms with E-state index in [0.29, 0.717) is 0 Å². The third kappa shape index (κ3) is 3.85. The van der Waals surface area contributed by atoms with E-state index in [1.54, 1.807) is 0 Å². The summed E-state index contributed by atoms with van der Waals surface area (Å²) in [6.07, 6.45) is -3.25. The Morgan fingerprint density at radius 1 is 1.21 bits per heavy atom. The summed E-state index contributed by atoms with van der Waals surface area (Å²) >= 11 is 5.97. The molecule has 1 heterocycles. The van der Waals surface area contributed by atoms with Crippen molar-refractivity contribution < 1.29 is 28.0 Å². The Morgan fingerprint density at radius 3 is 2.57 bits per heavy atom. The summed E-state index contributed by atoms with van der Waals surface area (Å²) in [6, 6.07) is 7.74. The Hall–Kier alpha value is -2.92. The zero-order valence-corrected chi connectivity index (χ0v) is 15.3. The molecule has 1 fully saturated rings. The predicted molar refractivity (Wildman–Crippen MR) is 102 cm³/mol. The van der Waals surface area contributed by atoms with Crippen LogP contribution in [0.4, 0.5) is 24.5 Å². The highest BCUT2D eigenvalue weighted by atomic mass is 32.2. The van der Waals surface area contributed by atoms with Crippen LogP contribution in [0.25, 0.3) is 6.08 Å². The van der Waals surface area contributed by atoms with Crippen molar-refractivity contribution in [3.8, 4) is 5.75 Å². The first-order chi connectivity index (χ1) is 13.1. The van der Waals surface area contributed by atoms with Crippen molar-refractivity contribution in [3.63, 3.8) is 0 Å². The first-order valence-electron chi connectivity index (χ1n) is 7.50. The summed E-state index contributed by atoms with van der Waals surface area (Å²) in [5.74, 6) is -1.18. The summed E-state index contributed by atoms with van der Waals surface area (Å²) in [7, 11) is 0. The first-order valence-corrected chi connectivity index (χ1v) is 8.73. The van der Waals surface area contributed by atoms with Crippen LogP contribution >= 0.6 is 24.0 Å². The Labute approximate surface area is 165 Å². The normalized spacial score (nSPS) is 16.1. The van der Waals surface area contributed by atoms with Crippen molar-refractivity contribution in [3.05, 3.63) is 68.6 Å². The molecule has 0 bridgehead atoms. The lowest BCUT2D eigenvalue weighted by Crippen LogP contribution is -2.27. The lowest BCUT2D eigenvalue weighted by molar-refractivity contribution is -0.385. The van der Waals surface area contributed by atoms with Gasteiger partial charge in [0.05, 0.1) is 21.1 Å². The zero-order chi connectivity index (χ0) is 20.6. The van der Waals surface area contributed by atoms with Crippen LogP contribution in [0.15, 0.2) is 47.4 Å². The topological polar surface area (TPSA) is 83.7 Å². The lowest BCUT2D eigenvalue weighted by Gasteiger charge is -2.16. The number of phenolic OH excluding ortho intramolecular Hbond substituents is 1. The van der Waals surface area contributed by atoms with Gasteiger partial charge in [-0.3, -0.25) is 19.8 Å². The molecule has 28 heavy (non-hydrogen) atoms. The van der Waals surface area contributed by atoms with Crippen LogP contribution in [0.1, 0.15) is 11.1 Å². The Kier molecular flexibility index (Phi) is 5.13. The second kappa shape index (κ2) is 7.24. The fourth-order valence-corrected chi connectivity index (χ4v) is 3.74. The molecule has 0 unspecified atom stereocenters. The molecule has 2 aromatic carbocycles. The van der Waals surface area contributed by atoms with Crippen LogP contribution in [0.5, 0.6) is 5.75 Å². The van der Waals surface area contributed by atoms with E-state index in [0.717, 1.165) is 40.9 Å². The molecule has 6 nitrogen and oxygen atoms in total. The van der Waals surface area contributed by atoms with Crippen molar-refractivity contribution in [2.45, 2.75) is 6.18 Å². The fourth-order valence-electron chi connectivity index (χ4n) is 2.44. The van der Waals surface area contributed by atoms with Crippen molar-refractivity contribution in [1.82, 2.24) is 0 Å². The molecule has 0 radical (unpaired) electrons. The molecule has 2 aromatic rings. The van der Waals surface area contributed by atoms with E-state index in [9.17, 15) is 33.2 Å². The number of phenols is 1. The van der Waals surface area contributed by atoms with Gasteiger partial charge in [-0.05, 0) is 35.9 Å². The highest BCUT2D eigenvalue weighted by Gasteiger charge is 2.36. The highest BCUT2D eigenvalue weighted by molar-refractivity contribution is 8.27. The second-order valence-electron chi connectivity index (χ2n) is 5.57. The van der Waals surface area contributed by atoms with Gasteiger partial charge in [-0.2, -0.15) is 13.2 Å². The van der Waals surface area contributed by atoms with E-state index < -0.39 is 34.0 Å². The second-order valence-corrected chi connectivity index (χ2v) is 7.25. The number of carbonyl (C=O) groups is 1. The number of thiocarbonyl (C=S) groups is 1. The third-order valence-corrected chi connectivity index (χ3v) is 5.02. The number of amides is 1. The van der Waals surface area contributed by atoms with Crippen molar-refractivity contribution in [2.24, 2.45) is 0 Å². The molecule has 1 amide bonds. The number of halogens is 3. The maximum absolute atomic E-state index is 12.9. The minimum atomic E-state index is -4.57. The van der Waals surface area contributed by atoms with E-state index >= 15 is 0 Å². The molecular weight excluding hydrogens is 417 g/mol. The Bertz CT molecular complexity index is 1040. The maximum atomic E-state index is 12.9. The van der Waals surface area contributed by atoms with Crippen LogP contribution in [-0.4, -0.2) is 20.3 Å². The molecule has 11 heteroatoms. The van der Waals surface area contributed by atoms with Crippen molar-refractivity contribution in [2.75, 3.05) is 4.90 Å². The van der Waals surface area contributed by atoms with Gasteiger partial charge in [0.1, 0.15) is 0 Å². The van der Waals surface area contributed by atoms with E-state index in [4.69, 9.17) is 12.2 Å². The molecule has 144 valence electrons. The van der Waals surface area contributed by atoms with Gasteiger partial charge in [0, 0.05) is 6.07 Å². The van der Waals surface area contributed by atoms with Crippen LogP contribution in [0, 0.1) is 10.1 Å². The van der Waals surface area contributed by atoms with Gasteiger partial charge in [0.25, 0.3) is 5.91 Å². The van der Waals surface area contributed by atoms with Crippen molar-refractivity contribution in [1.29, 1.82) is 0 Å². The molecule has 1 N–H and O–H groups in total. The number of nitro benzene ring substituents is 1. The number of hydrogen-bond acceptors (Lipinski definition) is 6. The average Bonchev–Trinajstić information content (AvgIpc) is 2.89. The molecule has 0 saturated carbocycles. The maximum Gasteiger partial charge on any atom is 0.416 e. The average molecular weight is 426 g/mol. The van der Waals surface area contributed by atoms with Gasteiger partial charge in [-0.25, -0.2) is 0 Å². The molecule has 0 aromatic heterocycles. The Morgan fingerprint density at radius 2 is 1.93 bits per heavy atom. The quantitative estimate of drug-likeness (QED) is 0.331. The van der Waals surface area contributed by atoms with E-state index in [1.807, 2.05) is 0 Å². The molecule has 0 spiro atoms. The lowest BCUT2D eigenvalue weighted by atomic mass is 10.1. The van der Waals surface area contributed by atoms with E-state index in [2.05, 4.69) is 0 Å². The molecule has 0 aliphatic carbocycles. The molecule has 3 rings (SSSR count). The largest absolute Gasteiger partial charge is 0.502 e. The summed E-state index contributed by atoms with van der Waals surface area (Å²) < 4.78 is 38.8. The number of nitro groups is 1. The minimum Gasteiger partial charge on any atom is -0.502 e. The van der Waals surface area contributed by atoms with Gasteiger partial charge < -0.3 is 5.11 Å². The Balaban J connectivity index is 1.96. The minimum absolute atomic E-state index is 0.0302. The molecular formula is C17H9F3N2O4S2. The van der Waals surface area contributed by atoms with E-state index in [1.165, 1.54) is 24.3 Å².